The summed E-state index contributed by atoms with van der Waals surface area (Å²) in [7, 11) is 0. The fourth-order valence-corrected chi connectivity index (χ4v) is 3.44. The van der Waals surface area contributed by atoms with E-state index in [2.05, 4.69) is 20.9 Å². The van der Waals surface area contributed by atoms with E-state index in [1.165, 1.54) is 4.90 Å². The van der Waals surface area contributed by atoms with Gasteiger partial charge in [0.2, 0.25) is 0 Å². The van der Waals surface area contributed by atoms with Gasteiger partial charge in [-0.3, -0.25) is 4.79 Å². The first-order valence-electron chi connectivity index (χ1n) is 6.89. The quantitative estimate of drug-likeness (QED) is 0.874. The first-order valence-corrected chi connectivity index (χ1v) is 7.69. The van der Waals surface area contributed by atoms with Gasteiger partial charge >= 0.3 is 5.97 Å². The molecule has 0 radical (unpaired) electrons. The summed E-state index contributed by atoms with van der Waals surface area (Å²) in [6.07, 6.45) is 2.20. The highest BCUT2D eigenvalue weighted by Crippen LogP contribution is 2.30. The fraction of sp³-hybridized carbons (Fsp3) is 0.333. The molecular formula is C15H15BrN2O3. The Balaban J connectivity index is 1.99. The van der Waals surface area contributed by atoms with Crippen LogP contribution in [0.15, 0.2) is 28.7 Å². The summed E-state index contributed by atoms with van der Waals surface area (Å²) in [6.45, 7) is 0.484. The number of amides is 1. The van der Waals surface area contributed by atoms with Crippen molar-refractivity contribution in [2.24, 2.45) is 0 Å². The van der Waals surface area contributed by atoms with Gasteiger partial charge in [0.15, 0.2) is 0 Å². The number of rotatable bonds is 2. The first-order chi connectivity index (χ1) is 10.1. The van der Waals surface area contributed by atoms with Gasteiger partial charge in [-0.2, -0.15) is 0 Å². The van der Waals surface area contributed by atoms with Crippen molar-refractivity contribution in [3.8, 4) is 0 Å². The number of halogens is 1. The van der Waals surface area contributed by atoms with Gasteiger partial charge in [-0.25, -0.2) is 4.79 Å². The number of H-pyrrole nitrogens is 1. The normalized spacial score (nSPS) is 18.9. The third-order valence-electron chi connectivity index (χ3n) is 3.91. The number of benzene rings is 1. The lowest BCUT2D eigenvalue weighted by Gasteiger charge is -2.32. The molecule has 1 atom stereocenters. The predicted octanol–water partition coefficient (Wildman–Crippen LogP) is 3.01. The predicted molar refractivity (Wildman–Crippen MR) is 82.3 cm³/mol. The number of carboxylic acid groups (broad SMARTS) is 1. The summed E-state index contributed by atoms with van der Waals surface area (Å²) in [6, 6.07) is 6.86. The number of carbonyl (C=O) groups excluding carboxylic acids is 1. The van der Waals surface area contributed by atoms with E-state index < -0.39 is 12.0 Å². The molecule has 1 fully saturated rings. The maximum atomic E-state index is 12.7. The van der Waals surface area contributed by atoms with Gasteiger partial charge in [-0.15, -0.1) is 0 Å². The number of para-hydroxylation sites is 1. The molecule has 0 bridgehead atoms. The fourth-order valence-electron chi connectivity index (χ4n) is 2.83. The zero-order valence-electron chi connectivity index (χ0n) is 11.3. The second-order valence-electron chi connectivity index (χ2n) is 5.21. The van der Waals surface area contributed by atoms with Gasteiger partial charge in [0, 0.05) is 17.4 Å². The van der Waals surface area contributed by atoms with E-state index in [9.17, 15) is 14.7 Å². The van der Waals surface area contributed by atoms with Gasteiger partial charge in [-0.05, 0) is 41.3 Å². The molecule has 1 aromatic carbocycles. The Morgan fingerprint density at radius 2 is 2.05 bits per heavy atom. The Morgan fingerprint density at radius 3 is 2.76 bits per heavy atom. The summed E-state index contributed by atoms with van der Waals surface area (Å²) in [4.78, 5) is 28.6. The molecule has 1 aliphatic heterocycles. The zero-order chi connectivity index (χ0) is 15.0. The van der Waals surface area contributed by atoms with E-state index in [0.717, 1.165) is 23.7 Å². The third kappa shape index (κ3) is 2.44. The molecule has 1 amide bonds. The SMILES string of the molecule is O=C(O)C1CCCCN1C(=O)c1[nH]c2ccccc2c1Br. The molecule has 1 unspecified atom stereocenters. The molecule has 6 heteroatoms. The maximum Gasteiger partial charge on any atom is 0.326 e. The van der Waals surface area contributed by atoms with Crippen LogP contribution in [0.25, 0.3) is 10.9 Å². The highest BCUT2D eigenvalue weighted by molar-refractivity contribution is 9.10. The van der Waals surface area contributed by atoms with Crippen LogP contribution in [0.4, 0.5) is 0 Å². The van der Waals surface area contributed by atoms with E-state index in [1.54, 1.807) is 0 Å². The number of piperidine rings is 1. The van der Waals surface area contributed by atoms with Crippen LogP contribution in [0.1, 0.15) is 29.8 Å². The minimum atomic E-state index is -0.935. The average Bonchev–Trinajstić information content (AvgIpc) is 2.84. The molecule has 3 rings (SSSR count). The second kappa shape index (κ2) is 5.52. The van der Waals surface area contributed by atoms with E-state index in [-0.39, 0.29) is 5.91 Å². The van der Waals surface area contributed by atoms with Gasteiger partial charge in [0.25, 0.3) is 5.91 Å². The van der Waals surface area contributed by atoms with E-state index in [4.69, 9.17) is 0 Å². The van der Waals surface area contributed by atoms with Crippen molar-refractivity contribution < 1.29 is 14.7 Å². The van der Waals surface area contributed by atoms with Gasteiger partial charge in [0.05, 0.1) is 4.47 Å². The Kier molecular flexibility index (Phi) is 3.71. The molecule has 0 saturated carbocycles. The second-order valence-corrected chi connectivity index (χ2v) is 6.00. The van der Waals surface area contributed by atoms with Crippen molar-refractivity contribution in [1.82, 2.24) is 9.88 Å². The summed E-state index contributed by atoms with van der Waals surface area (Å²) in [5.74, 6) is -1.19. The molecule has 2 heterocycles. The molecule has 1 saturated heterocycles. The van der Waals surface area contributed by atoms with Crippen molar-refractivity contribution in [3.63, 3.8) is 0 Å². The number of aromatic amines is 1. The van der Waals surface area contributed by atoms with Crippen LogP contribution < -0.4 is 0 Å². The molecule has 21 heavy (non-hydrogen) atoms. The number of hydrogen-bond donors (Lipinski definition) is 2. The molecule has 2 N–H and O–H groups in total. The van der Waals surface area contributed by atoms with Crippen molar-refractivity contribution >= 4 is 38.7 Å². The van der Waals surface area contributed by atoms with Crippen LogP contribution in [0, 0.1) is 0 Å². The monoisotopic (exact) mass is 350 g/mol. The molecule has 2 aromatic rings. The number of nitrogens with zero attached hydrogens (tertiary/aromatic N) is 1. The molecule has 0 spiro atoms. The molecule has 0 aliphatic carbocycles. The lowest BCUT2D eigenvalue weighted by atomic mass is 10.0. The smallest absolute Gasteiger partial charge is 0.326 e. The number of aliphatic carboxylic acids is 1. The Hall–Kier alpha value is -1.82. The van der Waals surface area contributed by atoms with Crippen LogP contribution in [0.2, 0.25) is 0 Å². The lowest BCUT2D eigenvalue weighted by Crippen LogP contribution is -2.48. The number of carboxylic acids is 1. The number of carbonyl (C=O) groups is 2. The highest BCUT2D eigenvalue weighted by atomic mass is 79.9. The average molecular weight is 351 g/mol. The minimum Gasteiger partial charge on any atom is -0.480 e. The standard InChI is InChI=1S/C15H15BrN2O3/c16-12-9-5-1-2-6-10(9)17-13(12)14(19)18-8-4-3-7-11(18)15(20)21/h1-2,5-6,11,17H,3-4,7-8H2,(H,20,21). The van der Waals surface area contributed by atoms with Gasteiger partial charge < -0.3 is 15.0 Å². The molecular weight excluding hydrogens is 336 g/mol. The van der Waals surface area contributed by atoms with Crippen molar-refractivity contribution in [1.29, 1.82) is 0 Å². The lowest BCUT2D eigenvalue weighted by molar-refractivity contribution is -0.143. The Bertz CT molecular complexity index is 710. The van der Waals surface area contributed by atoms with Crippen molar-refractivity contribution in [2.75, 3.05) is 6.54 Å². The minimum absolute atomic E-state index is 0.259. The number of fused-ring (bicyclic) bond motifs is 1. The Morgan fingerprint density at radius 1 is 1.29 bits per heavy atom. The largest absolute Gasteiger partial charge is 0.480 e. The molecule has 1 aromatic heterocycles. The molecule has 5 nitrogen and oxygen atoms in total. The van der Waals surface area contributed by atoms with E-state index in [1.807, 2.05) is 24.3 Å². The zero-order valence-corrected chi connectivity index (χ0v) is 12.9. The Labute approximate surface area is 130 Å². The van der Waals surface area contributed by atoms with Crippen LogP contribution in [0.5, 0.6) is 0 Å². The maximum absolute atomic E-state index is 12.7. The topological polar surface area (TPSA) is 73.4 Å². The third-order valence-corrected chi connectivity index (χ3v) is 4.73. The van der Waals surface area contributed by atoms with Gasteiger partial charge in [-0.1, -0.05) is 18.2 Å². The highest BCUT2D eigenvalue weighted by Gasteiger charge is 2.34. The molecule has 110 valence electrons. The number of nitrogens with one attached hydrogen (secondary N) is 1. The summed E-state index contributed by atoms with van der Waals surface area (Å²) in [5, 5.41) is 10.2. The number of aromatic nitrogens is 1. The summed E-state index contributed by atoms with van der Waals surface area (Å²) < 4.78 is 0.692. The van der Waals surface area contributed by atoms with Crippen molar-refractivity contribution in [3.05, 3.63) is 34.4 Å². The number of likely N-dealkylation sites (tertiary alicyclic amines) is 1. The van der Waals surface area contributed by atoms with Crippen LogP contribution in [-0.2, 0) is 4.79 Å². The van der Waals surface area contributed by atoms with Crippen LogP contribution >= 0.6 is 15.9 Å². The summed E-state index contributed by atoms with van der Waals surface area (Å²) in [5.41, 5.74) is 1.28. The first kappa shape index (κ1) is 14.1. The number of hydrogen-bond acceptors (Lipinski definition) is 2. The van der Waals surface area contributed by atoms with Crippen molar-refractivity contribution in [2.45, 2.75) is 25.3 Å². The summed E-state index contributed by atoms with van der Waals surface area (Å²) >= 11 is 3.45. The van der Waals surface area contributed by atoms with Gasteiger partial charge in [0.1, 0.15) is 11.7 Å². The van der Waals surface area contributed by atoms with E-state index in [0.29, 0.717) is 23.1 Å². The van der Waals surface area contributed by atoms with E-state index >= 15 is 0 Å². The molecule has 1 aliphatic rings. The van der Waals surface area contributed by atoms with Crippen LogP contribution in [0.3, 0.4) is 0 Å². The van der Waals surface area contributed by atoms with Crippen LogP contribution in [-0.4, -0.2) is 39.5 Å².